The van der Waals surface area contributed by atoms with Gasteiger partial charge in [0.2, 0.25) is 0 Å². The van der Waals surface area contributed by atoms with Gasteiger partial charge in [-0.2, -0.15) is 0 Å². The molecule has 4 aromatic rings. The van der Waals surface area contributed by atoms with Crippen LogP contribution in [0.5, 0.6) is 0 Å². The maximum Gasteiger partial charge on any atom is 0.184 e. The fraction of sp³-hybridized carbons (Fsp3) is 0.217. The highest BCUT2D eigenvalue weighted by Gasteiger charge is 2.18. The average Bonchev–Trinajstić information content (AvgIpc) is 3.22. The third-order valence-corrected chi connectivity index (χ3v) is 7.34. The Morgan fingerprint density at radius 3 is 2.63 bits per heavy atom. The molecule has 1 atom stereocenters. The summed E-state index contributed by atoms with van der Waals surface area (Å²) < 4.78 is 9.06. The number of nitrogens with zero attached hydrogens (tertiary/aromatic N) is 2. The zero-order valence-electron chi connectivity index (χ0n) is 16.7. The van der Waals surface area contributed by atoms with Crippen LogP contribution in [0.15, 0.2) is 65.1 Å². The van der Waals surface area contributed by atoms with E-state index in [1.54, 1.807) is 23.1 Å². The van der Waals surface area contributed by atoms with Gasteiger partial charge in [0, 0.05) is 24.9 Å². The molecule has 0 bridgehead atoms. The smallest absolute Gasteiger partial charge is 0.184 e. The average molecular weight is 455 g/mol. The Balaban J connectivity index is 1.86. The highest BCUT2D eigenvalue weighted by atomic mass is 32.2. The lowest BCUT2D eigenvalue weighted by Crippen LogP contribution is -2.09. The molecule has 0 fully saturated rings. The van der Waals surface area contributed by atoms with E-state index < -0.39 is 6.29 Å². The number of aromatic nitrogens is 2. The number of ether oxygens (including phenoxy) is 1. The van der Waals surface area contributed by atoms with E-state index >= 15 is 0 Å². The summed E-state index contributed by atoms with van der Waals surface area (Å²) >= 11 is 8.87. The molecule has 2 aromatic carbocycles. The van der Waals surface area contributed by atoms with Crippen molar-refractivity contribution in [2.75, 3.05) is 12.9 Å². The number of pyridine rings is 1. The maximum absolute atomic E-state index is 10.5. The van der Waals surface area contributed by atoms with E-state index in [0.29, 0.717) is 23.2 Å². The molecule has 0 saturated carbocycles. The second kappa shape index (κ2) is 9.41. The predicted molar refractivity (Wildman–Crippen MR) is 128 cm³/mol. The molecule has 0 aliphatic heterocycles. The van der Waals surface area contributed by atoms with Crippen LogP contribution in [0.25, 0.3) is 21.5 Å². The summed E-state index contributed by atoms with van der Waals surface area (Å²) in [5, 5.41) is 10.5. The third-order valence-electron chi connectivity index (χ3n) is 4.83. The second-order valence-electron chi connectivity index (χ2n) is 6.71. The quantitative estimate of drug-likeness (QED) is 0.202. The first kappa shape index (κ1) is 21.2. The summed E-state index contributed by atoms with van der Waals surface area (Å²) in [6.45, 7) is 2.89. The number of hydrogen-bond acceptors (Lipinski definition) is 6. The molecule has 2 heterocycles. The minimum Gasteiger partial charge on any atom is -0.364 e. The van der Waals surface area contributed by atoms with E-state index in [9.17, 15) is 5.11 Å². The van der Waals surface area contributed by atoms with Gasteiger partial charge in [0.25, 0.3) is 0 Å². The number of hydrogen-bond donors (Lipinski definition) is 1. The van der Waals surface area contributed by atoms with Crippen LogP contribution in [0.1, 0.15) is 24.3 Å². The minimum atomic E-state index is -1.07. The first-order valence-electron chi connectivity index (χ1n) is 9.63. The van der Waals surface area contributed by atoms with E-state index in [4.69, 9.17) is 21.9 Å². The predicted octanol–water partition coefficient (Wildman–Crippen LogP) is 6.29. The van der Waals surface area contributed by atoms with Gasteiger partial charge in [-0.05, 0) is 29.9 Å². The van der Waals surface area contributed by atoms with Crippen molar-refractivity contribution in [2.45, 2.75) is 24.1 Å². The van der Waals surface area contributed by atoms with E-state index in [2.05, 4.69) is 41.0 Å². The Morgan fingerprint density at radius 1 is 1.17 bits per heavy atom. The van der Waals surface area contributed by atoms with Gasteiger partial charge >= 0.3 is 0 Å². The van der Waals surface area contributed by atoms with Gasteiger partial charge in [0.1, 0.15) is 10.3 Å². The zero-order chi connectivity index (χ0) is 21.1. The van der Waals surface area contributed by atoms with Crippen LogP contribution in [0.3, 0.4) is 0 Å². The van der Waals surface area contributed by atoms with Crippen LogP contribution in [-0.2, 0) is 11.3 Å². The Kier molecular flexibility index (Phi) is 6.65. The maximum atomic E-state index is 10.5. The van der Waals surface area contributed by atoms with Crippen LogP contribution in [0.4, 0.5) is 0 Å². The van der Waals surface area contributed by atoms with Crippen molar-refractivity contribution in [3.05, 3.63) is 76.4 Å². The fourth-order valence-corrected chi connectivity index (χ4v) is 5.32. The van der Waals surface area contributed by atoms with Gasteiger partial charge in [-0.1, -0.05) is 89.9 Å². The molecule has 0 saturated heterocycles. The number of aliphatic hydroxyl groups excluding tert-OH is 1. The van der Waals surface area contributed by atoms with Crippen LogP contribution >= 0.6 is 35.3 Å². The highest BCUT2D eigenvalue weighted by Crippen LogP contribution is 2.33. The SMILES string of the molecule is CCOC(O)c1cn(Cc2ccccc2-c2ccccc2)c2sc(SC)nc2c1=S. The Hall–Kier alpha value is -2.03. The summed E-state index contributed by atoms with van der Waals surface area (Å²) in [7, 11) is 0. The topological polar surface area (TPSA) is 47.3 Å². The van der Waals surface area contributed by atoms with E-state index in [1.807, 2.05) is 37.6 Å². The highest BCUT2D eigenvalue weighted by molar-refractivity contribution is 8.00. The summed E-state index contributed by atoms with van der Waals surface area (Å²) in [6, 6.07) is 18.7. The third kappa shape index (κ3) is 4.22. The van der Waals surface area contributed by atoms with E-state index in [-0.39, 0.29) is 0 Å². The van der Waals surface area contributed by atoms with Gasteiger partial charge in [0.05, 0.1) is 4.51 Å². The number of aliphatic hydroxyl groups is 1. The largest absolute Gasteiger partial charge is 0.364 e. The van der Waals surface area contributed by atoms with Gasteiger partial charge < -0.3 is 14.4 Å². The molecule has 2 aromatic heterocycles. The molecule has 0 radical (unpaired) electrons. The van der Waals surface area contributed by atoms with Crippen molar-refractivity contribution in [3.63, 3.8) is 0 Å². The van der Waals surface area contributed by atoms with Crippen LogP contribution in [0.2, 0.25) is 0 Å². The Labute approximate surface area is 189 Å². The van der Waals surface area contributed by atoms with Gasteiger partial charge in [-0.25, -0.2) is 4.98 Å². The number of benzene rings is 2. The number of thiazole rings is 1. The summed E-state index contributed by atoms with van der Waals surface area (Å²) in [6.07, 6.45) is 2.85. The number of fused-ring (bicyclic) bond motifs is 1. The van der Waals surface area contributed by atoms with Crippen molar-refractivity contribution in [1.29, 1.82) is 0 Å². The molecule has 4 rings (SSSR count). The van der Waals surface area contributed by atoms with E-state index in [0.717, 1.165) is 14.7 Å². The lowest BCUT2D eigenvalue weighted by molar-refractivity contribution is -0.0984. The monoisotopic (exact) mass is 454 g/mol. The van der Waals surface area contributed by atoms with Gasteiger partial charge in [0.15, 0.2) is 10.6 Å². The minimum absolute atomic E-state index is 0.401. The Morgan fingerprint density at radius 2 is 1.90 bits per heavy atom. The standard InChI is InChI=1S/C23H22N2O2S3/c1-3-27-22(26)18-14-25(21-19(20(18)28)24-23(29-2)30-21)13-16-11-7-8-12-17(16)15-9-5-4-6-10-15/h4-12,14,22,26H,3,13H2,1-2H3. The first-order chi connectivity index (χ1) is 14.6. The van der Waals surface area contributed by atoms with Crippen molar-refractivity contribution in [2.24, 2.45) is 0 Å². The van der Waals surface area contributed by atoms with Crippen molar-refractivity contribution in [1.82, 2.24) is 9.55 Å². The first-order valence-corrected chi connectivity index (χ1v) is 12.1. The second-order valence-corrected chi connectivity index (χ2v) is 9.15. The van der Waals surface area contributed by atoms with Crippen LogP contribution < -0.4 is 0 Å². The van der Waals surface area contributed by atoms with Gasteiger partial charge in [-0.15, -0.1) is 0 Å². The molecular formula is C23H22N2O2S3. The van der Waals surface area contributed by atoms with E-state index in [1.165, 1.54) is 16.7 Å². The van der Waals surface area contributed by atoms with Crippen molar-refractivity contribution >= 4 is 45.7 Å². The molecule has 154 valence electrons. The molecule has 1 N–H and O–H groups in total. The van der Waals surface area contributed by atoms with Crippen LogP contribution in [-0.4, -0.2) is 27.5 Å². The molecule has 0 aliphatic rings. The normalized spacial score (nSPS) is 12.4. The lowest BCUT2D eigenvalue weighted by Gasteiger charge is -2.17. The molecular weight excluding hydrogens is 432 g/mol. The number of thioether (sulfide) groups is 1. The molecule has 4 nitrogen and oxygen atoms in total. The Bertz CT molecular complexity index is 1220. The molecule has 30 heavy (non-hydrogen) atoms. The summed E-state index contributed by atoms with van der Waals surface area (Å²) in [5.74, 6) is 0. The molecule has 0 aliphatic carbocycles. The summed E-state index contributed by atoms with van der Waals surface area (Å²) in [5.41, 5.74) is 4.86. The van der Waals surface area contributed by atoms with Crippen LogP contribution in [0, 0.1) is 4.51 Å². The molecule has 0 amide bonds. The van der Waals surface area contributed by atoms with Crippen molar-refractivity contribution in [3.8, 4) is 11.1 Å². The van der Waals surface area contributed by atoms with Crippen molar-refractivity contribution < 1.29 is 9.84 Å². The molecule has 7 heteroatoms. The van der Waals surface area contributed by atoms with Gasteiger partial charge in [-0.3, -0.25) is 0 Å². The molecule has 0 spiro atoms. The lowest BCUT2D eigenvalue weighted by atomic mass is 9.99. The number of rotatable bonds is 7. The summed E-state index contributed by atoms with van der Waals surface area (Å²) in [4.78, 5) is 5.71. The fourth-order valence-electron chi connectivity index (χ4n) is 3.43. The molecule has 1 unspecified atom stereocenters. The zero-order valence-corrected chi connectivity index (χ0v) is 19.2.